The second kappa shape index (κ2) is 21.3. The third-order valence-electron chi connectivity index (χ3n) is 10.8. The van der Waals surface area contributed by atoms with E-state index in [2.05, 4.69) is 10.1 Å². The summed E-state index contributed by atoms with van der Waals surface area (Å²) in [6, 6.07) is 37.8. The molecule has 350 valence electrons. The van der Waals surface area contributed by atoms with Gasteiger partial charge in [-0.25, -0.2) is 9.59 Å². The van der Waals surface area contributed by atoms with Crippen molar-refractivity contribution >= 4 is 16.4 Å². The summed E-state index contributed by atoms with van der Waals surface area (Å²) in [6.45, 7) is 2.99. The summed E-state index contributed by atoms with van der Waals surface area (Å²) in [5.41, 5.74) is 1.78. The highest BCUT2D eigenvalue weighted by molar-refractivity contribution is 7.85. The topological polar surface area (TPSA) is 223 Å². The largest absolute Gasteiger partial charge is 0.425 e. The molecule has 0 saturated carbocycles. The minimum Gasteiger partial charge on any atom is -0.416 e. The molecule has 4 aromatic carbocycles. The third kappa shape index (κ3) is 12.2. The summed E-state index contributed by atoms with van der Waals surface area (Å²) in [4.78, 5) is 40.1. The van der Waals surface area contributed by atoms with Gasteiger partial charge in [-0.15, -0.1) is 0 Å². The number of fused-ring (bicyclic) bond motifs is 1. The number of amides is 1. The Bertz CT molecular complexity index is 2570. The van der Waals surface area contributed by atoms with Crippen molar-refractivity contribution in [3.8, 4) is 0 Å². The van der Waals surface area contributed by atoms with Gasteiger partial charge in [0, 0.05) is 0 Å². The highest BCUT2D eigenvalue weighted by Crippen LogP contribution is 2.42. The minimum absolute atomic E-state index is 0.0252. The van der Waals surface area contributed by atoms with Gasteiger partial charge in [-0.1, -0.05) is 121 Å². The number of rotatable bonds is 19. The van der Waals surface area contributed by atoms with Crippen LogP contribution in [0.4, 0.5) is 4.79 Å². The number of benzene rings is 4. The van der Waals surface area contributed by atoms with E-state index in [9.17, 15) is 22.8 Å². The average molecular weight is 931 g/mol. The highest BCUT2D eigenvalue weighted by atomic mass is 32.2. The van der Waals surface area contributed by atoms with Gasteiger partial charge in [-0.05, 0) is 36.1 Å². The summed E-state index contributed by atoms with van der Waals surface area (Å²) in [5.74, 6) is -1.17. The fraction of sp³-hybridized carbons (Fsp3) is 0.391. The molecule has 0 unspecified atom stereocenters. The van der Waals surface area contributed by atoms with Crippen LogP contribution in [0.3, 0.4) is 0 Å². The van der Waals surface area contributed by atoms with Gasteiger partial charge >= 0.3 is 22.1 Å². The summed E-state index contributed by atoms with van der Waals surface area (Å²) in [5, 5.41) is 3.86. The molecular formula is C46H50N4O15S. The van der Waals surface area contributed by atoms with Crippen molar-refractivity contribution in [3.05, 3.63) is 171 Å². The monoisotopic (exact) mass is 930 g/mol. The quantitative estimate of drug-likeness (QED) is 0.119. The number of carbonyl (C=O) groups excluding carboxylic acids is 1. The molecule has 3 saturated heterocycles. The van der Waals surface area contributed by atoms with Crippen molar-refractivity contribution in [1.29, 1.82) is 0 Å². The van der Waals surface area contributed by atoms with Crippen LogP contribution in [0.25, 0.3) is 0 Å². The van der Waals surface area contributed by atoms with E-state index in [1.54, 1.807) is 18.6 Å². The fourth-order valence-corrected chi connectivity index (χ4v) is 8.42. The molecule has 9 atom stereocenters. The Labute approximate surface area is 380 Å². The maximum Gasteiger partial charge on any atom is 0.425 e. The number of hydrogen-bond acceptors (Lipinski definition) is 16. The van der Waals surface area contributed by atoms with Gasteiger partial charge < -0.3 is 42.6 Å². The lowest BCUT2D eigenvalue weighted by Crippen LogP contribution is -2.62. The normalized spacial score (nSPS) is 25.8. The molecule has 0 aliphatic carbocycles. The lowest BCUT2D eigenvalue weighted by atomic mass is 9.97. The van der Waals surface area contributed by atoms with Crippen LogP contribution in [0, 0.1) is 0 Å². The Morgan fingerprint density at radius 1 is 0.682 bits per heavy atom. The van der Waals surface area contributed by atoms with Crippen LogP contribution in [0.5, 0.6) is 0 Å². The zero-order valence-electron chi connectivity index (χ0n) is 36.0. The Hall–Kier alpha value is -5.65. The maximum absolute atomic E-state index is 13.7. The predicted octanol–water partition coefficient (Wildman–Crippen LogP) is 4.03. The van der Waals surface area contributed by atoms with Crippen molar-refractivity contribution in [2.24, 2.45) is 0 Å². The molecule has 0 bridgehead atoms. The van der Waals surface area contributed by atoms with Gasteiger partial charge in [0.1, 0.15) is 48.9 Å². The van der Waals surface area contributed by atoms with Crippen molar-refractivity contribution in [1.82, 2.24) is 19.5 Å². The number of carbonyl (C=O) groups is 1. The highest BCUT2D eigenvalue weighted by Gasteiger charge is 2.57. The van der Waals surface area contributed by atoms with E-state index in [1.807, 2.05) is 121 Å². The molecule has 3 aliphatic rings. The van der Waals surface area contributed by atoms with Gasteiger partial charge in [0.05, 0.1) is 39.6 Å². The van der Waals surface area contributed by atoms with Gasteiger partial charge in [0.15, 0.2) is 12.0 Å². The summed E-state index contributed by atoms with van der Waals surface area (Å²) in [6.07, 6.45) is -10.4. The number of H-pyrrole nitrogens is 1. The van der Waals surface area contributed by atoms with Crippen LogP contribution in [0.1, 0.15) is 42.3 Å². The molecule has 5 aromatic rings. The molecule has 1 aromatic heterocycles. The van der Waals surface area contributed by atoms with E-state index in [-0.39, 0.29) is 33.0 Å². The van der Waals surface area contributed by atoms with Crippen LogP contribution >= 0.6 is 0 Å². The number of ether oxygens (including phenoxy) is 9. The first kappa shape index (κ1) is 46.9. The van der Waals surface area contributed by atoms with Gasteiger partial charge in [-0.3, -0.25) is 14.0 Å². The summed E-state index contributed by atoms with van der Waals surface area (Å²) >= 11 is 0. The van der Waals surface area contributed by atoms with E-state index >= 15 is 0 Å². The average Bonchev–Trinajstić information content (AvgIpc) is 3.80. The minimum atomic E-state index is -4.92. The van der Waals surface area contributed by atoms with Crippen LogP contribution < -0.4 is 16.0 Å². The molecule has 20 heteroatoms. The first-order valence-corrected chi connectivity index (χ1v) is 22.6. The summed E-state index contributed by atoms with van der Waals surface area (Å²) in [7, 11) is -4.92. The molecule has 4 heterocycles. The predicted molar refractivity (Wildman–Crippen MR) is 231 cm³/mol. The number of nitrogens with one attached hydrogen (secondary N) is 2. The number of aromatic nitrogens is 3. The molecular weight excluding hydrogens is 881 g/mol. The van der Waals surface area contributed by atoms with Crippen LogP contribution in [-0.2, 0) is 83.5 Å². The first-order chi connectivity index (χ1) is 31.9. The Morgan fingerprint density at radius 3 is 1.76 bits per heavy atom. The number of nitrogens with zero attached hydrogens (tertiary/aromatic N) is 2. The zero-order valence-corrected chi connectivity index (χ0v) is 36.8. The Kier molecular flexibility index (Phi) is 15.1. The molecule has 8 rings (SSSR count). The smallest absolute Gasteiger partial charge is 0.416 e. The van der Waals surface area contributed by atoms with Crippen molar-refractivity contribution in [2.45, 2.75) is 101 Å². The number of aromatic amines is 1. The Balaban J connectivity index is 1.02. The van der Waals surface area contributed by atoms with E-state index < -0.39 is 95.3 Å². The third-order valence-corrected chi connectivity index (χ3v) is 11.6. The lowest BCUT2D eigenvalue weighted by molar-refractivity contribution is -0.315. The Morgan fingerprint density at radius 2 is 1.20 bits per heavy atom. The molecule has 3 fully saturated rings. The first-order valence-electron chi connectivity index (χ1n) is 21.2. The summed E-state index contributed by atoms with van der Waals surface area (Å²) < 4.78 is 90.8. The number of hydrogen-bond donors (Lipinski definition) is 2. The van der Waals surface area contributed by atoms with Gasteiger partial charge in [0.2, 0.25) is 6.29 Å². The van der Waals surface area contributed by atoms with Gasteiger partial charge in [0.25, 0.3) is 5.56 Å². The maximum atomic E-state index is 13.7. The van der Waals surface area contributed by atoms with Crippen molar-refractivity contribution < 1.29 is 60.0 Å². The molecule has 3 aliphatic heterocycles. The van der Waals surface area contributed by atoms with E-state index in [0.29, 0.717) is 0 Å². The molecule has 1 amide bonds. The SMILES string of the molecule is CC1(C)O[C@@H]2[C@H](O1)[C@@H](COS(=O)(=O)NC(=O)O[C@H]1O[C@H](COCc3ccccc3)[C@@H](OCc3ccccc3)[C@H](OCc3ccccc3)[C@H]1OCc1ccccc1)O[C@H]2n1ncc(=O)[nH]c1=O. The van der Waals surface area contributed by atoms with Crippen LogP contribution in [0.2, 0.25) is 0 Å². The van der Waals surface area contributed by atoms with Crippen LogP contribution in [-0.4, -0.2) is 97.3 Å². The molecule has 2 N–H and O–H groups in total. The van der Waals surface area contributed by atoms with E-state index in [1.165, 1.54) is 0 Å². The lowest BCUT2D eigenvalue weighted by Gasteiger charge is -2.45. The fourth-order valence-electron chi connectivity index (χ4n) is 7.79. The van der Waals surface area contributed by atoms with Crippen molar-refractivity contribution in [2.75, 3.05) is 13.2 Å². The van der Waals surface area contributed by atoms with E-state index in [0.717, 1.165) is 33.1 Å². The van der Waals surface area contributed by atoms with Gasteiger partial charge in [-0.2, -0.15) is 22.9 Å². The molecule has 19 nitrogen and oxygen atoms in total. The second-order valence-corrected chi connectivity index (χ2v) is 17.4. The van der Waals surface area contributed by atoms with Crippen LogP contribution in [0.15, 0.2) is 137 Å². The molecule has 0 spiro atoms. The second-order valence-electron chi connectivity index (χ2n) is 16.1. The zero-order chi connectivity index (χ0) is 46.1. The van der Waals surface area contributed by atoms with E-state index in [4.69, 9.17) is 46.8 Å². The standard InChI is InChI=1S/C46H50N4O15S/c1-46(2)64-38-35(61-42(40(38)65-46)50-44(52)48-36(51)23-47-50)29-60-66(54,55)49-45(53)63-43-41(59-27-33-21-13-6-14-22-33)39(58-26-32-19-11-5-12-20-32)37(57-25-31-17-9-4-10-18-31)34(62-43)28-56-24-30-15-7-3-8-16-30/h3-23,34-35,37-43H,24-29H2,1-2H3,(H,49,53)(H,48,51,52)/t34-,35-,37-,38-,39+,40-,41-,42-,43-/m1/s1. The van der Waals surface area contributed by atoms with Crippen molar-refractivity contribution in [3.63, 3.8) is 0 Å². The molecule has 0 radical (unpaired) electrons. The molecule has 66 heavy (non-hydrogen) atoms.